The maximum atomic E-state index is 8.73. The van der Waals surface area contributed by atoms with Gasteiger partial charge in [-0.25, -0.2) is 0 Å². The van der Waals surface area contributed by atoms with Gasteiger partial charge in [-0.2, -0.15) is 0 Å². The summed E-state index contributed by atoms with van der Waals surface area (Å²) in [6.07, 6.45) is 10.1. The molecule has 0 bridgehead atoms. The normalized spacial score (nSPS) is 15.1. The Kier molecular flexibility index (Phi) is 5.36. The highest BCUT2D eigenvalue weighted by Gasteiger charge is 2.04. The third-order valence-corrected chi connectivity index (χ3v) is 3.20. The maximum absolute atomic E-state index is 8.73. The van der Waals surface area contributed by atoms with Crippen molar-refractivity contribution in [1.82, 2.24) is 20.3 Å². The number of rotatable bonds is 8. The molecular weight excluding hydrogens is 228 g/mol. The summed E-state index contributed by atoms with van der Waals surface area (Å²) >= 11 is 0. The Morgan fingerprint density at radius 2 is 2.39 bits per heavy atom. The van der Waals surface area contributed by atoms with Crippen LogP contribution in [-0.2, 0) is 13.1 Å². The number of hydrogen-bond acceptors (Lipinski definition) is 4. The highest BCUT2D eigenvalue weighted by Crippen LogP contribution is 2.19. The van der Waals surface area contributed by atoms with Crippen LogP contribution in [-0.4, -0.2) is 33.3 Å². The largest absolute Gasteiger partial charge is 0.396 e. The van der Waals surface area contributed by atoms with Crippen molar-refractivity contribution >= 4 is 0 Å². The fraction of sp³-hybridized carbons (Fsp3) is 0.692. The van der Waals surface area contributed by atoms with Gasteiger partial charge in [0.2, 0.25) is 0 Å². The van der Waals surface area contributed by atoms with Crippen molar-refractivity contribution in [1.29, 1.82) is 0 Å². The zero-order valence-electron chi connectivity index (χ0n) is 10.8. The first kappa shape index (κ1) is 13.2. The van der Waals surface area contributed by atoms with Crippen LogP contribution in [0, 0.1) is 0 Å². The average Bonchev–Trinajstić information content (AvgIpc) is 3.04. The molecule has 1 heterocycles. The second-order valence-electron chi connectivity index (χ2n) is 4.73. The Balaban J connectivity index is 1.62. The molecule has 0 saturated carbocycles. The molecule has 0 saturated heterocycles. The quantitative estimate of drug-likeness (QED) is 0.538. The van der Waals surface area contributed by atoms with Gasteiger partial charge in [0, 0.05) is 25.9 Å². The molecule has 0 unspecified atom stereocenters. The molecule has 18 heavy (non-hydrogen) atoms. The average molecular weight is 250 g/mol. The number of allylic oxidation sites excluding steroid dienone is 1. The number of aliphatic hydroxyl groups is 1. The zero-order chi connectivity index (χ0) is 12.6. The number of aromatic nitrogens is 3. The van der Waals surface area contributed by atoms with Crippen molar-refractivity contribution in [2.75, 3.05) is 13.2 Å². The summed E-state index contributed by atoms with van der Waals surface area (Å²) in [5.74, 6) is 0. The van der Waals surface area contributed by atoms with Gasteiger partial charge in [-0.05, 0) is 38.6 Å². The van der Waals surface area contributed by atoms with Crippen molar-refractivity contribution < 1.29 is 5.11 Å². The molecule has 0 aliphatic heterocycles. The monoisotopic (exact) mass is 250 g/mol. The molecule has 5 nitrogen and oxygen atoms in total. The second-order valence-corrected chi connectivity index (χ2v) is 4.73. The van der Waals surface area contributed by atoms with Crippen molar-refractivity contribution in [3.63, 3.8) is 0 Å². The fourth-order valence-electron chi connectivity index (χ4n) is 2.19. The summed E-state index contributed by atoms with van der Waals surface area (Å²) in [7, 11) is 0. The van der Waals surface area contributed by atoms with E-state index < -0.39 is 0 Å². The predicted molar refractivity (Wildman–Crippen MR) is 70.0 cm³/mol. The molecule has 0 radical (unpaired) electrons. The van der Waals surface area contributed by atoms with E-state index in [4.69, 9.17) is 5.11 Å². The molecule has 0 fully saturated rings. The van der Waals surface area contributed by atoms with Crippen LogP contribution < -0.4 is 5.32 Å². The molecule has 0 aromatic carbocycles. The number of nitrogens with one attached hydrogen (secondary N) is 1. The standard InChI is InChI=1S/C13H22N4O/c18-9-3-8-17-11-13(15-16-17)10-14-7-6-12-4-1-2-5-12/h4,11,14,18H,1-3,5-10H2. The van der Waals surface area contributed by atoms with Crippen molar-refractivity contribution in [2.45, 2.75) is 45.2 Å². The molecule has 1 aliphatic carbocycles. The van der Waals surface area contributed by atoms with Gasteiger partial charge in [0.1, 0.15) is 0 Å². The summed E-state index contributed by atoms with van der Waals surface area (Å²) in [5, 5.41) is 20.2. The van der Waals surface area contributed by atoms with E-state index in [9.17, 15) is 0 Å². The molecule has 1 aromatic rings. The predicted octanol–water partition coefficient (Wildman–Crippen LogP) is 1.25. The SMILES string of the molecule is OCCCn1cc(CNCCC2=CCCC2)nn1. The topological polar surface area (TPSA) is 63.0 Å². The summed E-state index contributed by atoms with van der Waals surface area (Å²) in [6.45, 7) is 2.71. The molecule has 0 amide bonds. The first-order chi connectivity index (χ1) is 8.88. The van der Waals surface area contributed by atoms with Crippen LogP contribution >= 0.6 is 0 Å². The van der Waals surface area contributed by atoms with E-state index in [0.29, 0.717) is 0 Å². The third kappa shape index (κ3) is 4.23. The number of aryl methyl sites for hydroxylation is 1. The Labute approximate surface area is 108 Å². The lowest BCUT2D eigenvalue weighted by atomic mass is 10.2. The highest BCUT2D eigenvalue weighted by molar-refractivity contribution is 5.07. The van der Waals surface area contributed by atoms with E-state index in [-0.39, 0.29) is 6.61 Å². The van der Waals surface area contributed by atoms with Crippen LogP contribution in [0.5, 0.6) is 0 Å². The summed E-state index contributed by atoms with van der Waals surface area (Å²) in [6, 6.07) is 0. The van der Waals surface area contributed by atoms with Crippen LogP contribution in [0.15, 0.2) is 17.8 Å². The van der Waals surface area contributed by atoms with Crippen molar-refractivity contribution in [3.05, 3.63) is 23.5 Å². The van der Waals surface area contributed by atoms with Gasteiger partial charge in [-0.1, -0.05) is 16.9 Å². The lowest BCUT2D eigenvalue weighted by Gasteiger charge is -2.03. The zero-order valence-corrected chi connectivity index (χ0v) is 10.8. The van der Waals surface area contributed by atoms with Crippen molar-refractivity contribution in [3.8, 4) is 0 Å². The Morgan fingerprint density at radius 1 is 1.44 bits per heavy atom. The van der Waals surface area contributed by atoms with E-state index in [0.717, 1.165) is 38.2 Å². The first-order valence-corrected chi connectivity index (χ1v) is 6.77. The first-order valence-electron chi connectivity index (χ1n) is 6.77. The molecule has 100 valence electrons. The highest BCUT2D eigenvalue weighted by atomic mass is 16.3. The number of hydrogen-bond donors (Lipinski definition) is 2. The minimum absolute atomic E-state index is 0.197. The molecule has 5 heteroatoms. The Morgan fingerprint density at radius 3 is 3.17 bits per heavy atom. The van der Waals surface area contributed by atoms with Crippen LogP contribution in [0.1, 0.15) is 37.8 Å². The smallest absolute Gasteiger partial charge is 0.0964 e. The van der Waals surface area contributed by atoms with Gasteiger partial charge >= 0.3 is 0 Å². The van der Waals surface area contributed by atoms with Crippen LogP contribution in [0.2, 0.25) is 0 Å². The van der Waals surface area contributed by atoms with E-state index >= 15 is 0 Å². The molecule has 2 N–H and O–H groups in total. The lowest BCUT2D eigenvalue weighted by molar-refractivity contribution is 0.276. The van der Waals surface area contributed by atoms with Gasteiger partial charge in [0.15, 0.2) is 0 Å². The van der Waals surface area contributed by atoms with Crippen LogP contribution in [0.3, 0.4) is 0 Å². The fourth-order valence-corrected chi connectivity index (χ4v) is 2.19. The van der Waals surface area contributed by atoms with Gasteiger partial charge < -0.3 is 10.4 Å². The second kappa shape index (κ2) is 7.28. The minimum Gasteiger partial charge on any atom is -0.396 e. The maximum Gasteiger partial charge on any atom is 0.0964 e. The lowest BCUT2D eigenvalue weighted by Crippen LogP contribution is -2.15. The minimum atomic E-state index is 0.197. The van der Waals surface area contributed by atoms with E-state index in [1.165, 1.54) is 19.3 Å². The number of aliphatic hydroxyl groups excluding tert-OH is 1. The summed E-state index contributed by atoms with van der Waals surface area (Å²) in [4.78, 5) is 0. The van der Waals surface area contributed by atoms with E-state index in [1.54, 1.807) is 10.3 Å². The van der Waals surface area contributed by atoms with E-state index in [1.807, 2.05) is 6.20 Å². The van der Waals surface area contributed by atoms with Gasteiger partial charge in [0.05, 0.1) is 5.69 Å². The Bertz CT molecular complexity index is 386. The Hall–Kier alpha value is -1.20. The van der Waals surface area contributed by atoms with Gasteiger partial charge in [-0.3, -0.25) is 4.68 Å². The van der Waals surface area contributed by atoms with Gasteiger partial charge in [-0.15, -0.1) is 5.10 Å². The van der Waals surface area contributed by atoms with Gasteiger partial charge in [0.25, 0.3) is 0 Å². The van der Waals surface area contributed by atoms with Crippen LogP contribution in [0.4, 0.5) is 0 Å². The molecule has 2 rings (SSSR count). The number of nitrogens with zero attached hydrogens (tertiary/aromatic N) is 3. The van der Waals surface area contributed by atoms with Crippen molar-refractivity contribution in [2.24, 2.45) is 0 Å². The molecular formula is C13H22N4O. The molecule has 0 atom stereocenters. The van der Waals surface area contributed by atoms with E-state index in [2.05, 4.69) is 21.7 Å². The summed E-state index contributed by atoms with van der Waals surface area (Å²) < 4.78 is 1.78. The molecule has 1 aliphatic rings. The third-order valence-electron chi connectivity index (χ3n) is 3.20. The summed E-state index contributed by atoms with van der Waals surface area (Å²) in [5.41, 5.74) is 2.56. The molecule has 1 aromatic heterocycles. The molecule has 0 spiro atoms. The van der Waals surface area contributed by atoms with Crippen LogP contribution in [0.25, 0.3) is 0 Å².